The van der Waals surface area contributed by atoms with Gasteiger partial charge in [-0.25, -0.2) is 5.43 Å². The molecule has 0 saturated carbocycles. The van der Waals surface area contributed by atoms with Gasteiger partial charge < -0.3 is 14.6 Å². The van der Waals surface area contributed by atoms with E-state index < -0.39 is 5.91 Å². The molecular formula is C22H19IN2O4. The number of rotatable bonds is 7. The molecule has 0 fully saturated rings. The number of nitrogens with one attached hydrogen (secondary N) is 1. The van der Waals surface area contributed by atoms with E-state index in [1.54, 1.807) is 25.3 Å². The molecule has 7 heteroatoms. The van der Waals surface area contributed by atoms with Crippen molar-refractivity contribution in [2.24, 2.45) is 5.10 Å². The van der Waals surface area contributed by atoms with Crippen molar-refractivity contribution in [3.05, 3.63) is 87.0 Å². The van der Waals surface area contributed by atoms with Crippen LogP contribution in [0.1, 0.15) is 21.5 Å². The zero-order valence-corrected chi connectivity index (χ0v) is 17.8. The Labute approximate surface area is 182 Å². The van der Waals surface area contributed by atoms with E-state index in [0.29, 0.717) is 18.1 Å². The lowest BCUT2D eigenvalue weighted by Gasteiger charge is -2.13. The molecule has 0 saturated heterocycles. The van der Waals surface area contributed by atoms with Crippen LogP contribution in [0.3, 0.4) is 0 Å². The lowest BCUT2D eigenvalue weighted by molar-refractivity contribution is 0.0952. The van der Waals surface area contributed by atoms with Crippen LogP contribution in [0, 0.1) is 3.57 Å². The predicted molar refractivity (Wildman–Crippen MR) is 120 cm³/mol. The third-order valence-electron chi connectivity index (χ3n) is 4.01. The fourth-order valence-electron chi connectivity index (χ4n) is 2.58. The minimum Gasteiger partial charge on any atom is -0.507 e. The van der Waals surface area contributed by atoms with Crippen LogP contribution in [-0.2, 0) is 6.61 Å². The van der Waals surface area contributed by atoms with Crippen LogP contribution in [0.15, 0.2) is 71.8 Å². The van der Waals surface area contributed by atoms with Crippen LogP contribution in [0.2, 0.25) is 0 Å². The number of halogens is 1. The number of amides is 1. The SMILES string of the molecule is COc1cc(/C=N/NC(=O)c2ccccc2O)cc(I)c1OCc1ccccc1. The second-order valence-electron chi connectivity index (χ2n) is 6.02. The van der Waals surface area contributed by atoms with E-state index in [4.69, 9.17) is 9.47 Å². The molecule has 2 N–H and O–H groups in total. The second-order valence-corrected chi connectivity index (χ2v) is 7.19. The van der Waals surface area contributed by atoms with Crippen molar-refractivity contribution in [3.63, 3.8) is 0 Å². The summed E-state index contributed by atoms with van der Waals surface area (Å²) in [6.45, 7) is 0.428. The van der Waals surface area contributed by atoms with Gasteiger partial charge in [0, 0.05) is 0 Å². The fraction of sp³-hybridized carbons (Fsp3) is 0.0909. The smallest absolute Gasteiger partial charge is 0.275 e. The third-order valence-corrected chi connectivity index (χ3v) is 4.81. The number of ether oxygens (including phenoxy) is 2. The predicted octanol–water partition coefficient (Wildman–Crippen LogP) is 4.35. The van der Waals surface area contributed by atoms with Crippen molar-refractivity contribution in [1.29, 1.82) is 0 Å². The average molecular weight is 502 g/mol. The number of hydrogen-bond donors (Lipinski definition) is 2. The summed E-state index contributed by atoms with van der Waals surface area (Å²) in [5, 5.41) is 13.7. The first-order valence-corrected chi connectivity index (χ1v) is 9.82. The van der Waals surface area contributed by atoms with Crippen molar-refractivity contribution >= 4 is 34.7 Å². The lowest BCUT2D eigenvalue weighted by Crippen LogP contribution is -2.17. The Kier molecular flexibility index (Phi) is 7.07. The number of hydrogen-bond acceptors (Lipinski definition) is 5. The first-order valence-electron chi connectivity index (χ1n) is 8.74. The molecular weight excluding hydrogens is 483 g/mol. The van der Waals surface area contributed by atoms with E-state index in [1.807, 2.05) is 36.4 Å². The zero-order valence-electron chi connectivity index (χ0n) is 15.6. The number of hydrazone groups is 1. The minimum absolute atomic E-state index is 0.101. The van der Waals surface area contributed by atoms with Gasteiger partial charge in [-0.1, -0.05) is 42.5 Å². The van der Waals surface area contributed by atoms with Crippen molar-refractivity contribution in [1.82, 2.24) is 5.43 Å². The number of aromatic hydroxyl groups is 1. The van der Waals surface area contributed by atoms with Crippen LogP contribution < -0.4 is 14.9 Å². The van der Waals surface area contributed by atoms with Gasteiger partial charge in [-0.2, -0.15) is 5.10 Å². The summed E-state index contributed by atoms with van der Waals surface area (Å²) in [6.07, 6.45) is 1.50. The molecule has 0 radical (unpaired) electrons. The highest BCUT2D eigenvalue weighted by Crippen LogP contribution is 2.34. The molecule has 3 aromatic rings. The summed E-state index contributed by atoms with van der Waals surface area (Å²) in [6, 6.07) is 19.8. The second kappa shape index (κ2) is 9.92. The van der Waals surface area contributed by atoms with Crippen molar-refractivity contribution in [2.75, 3.05) is 7.11 Å². The Balaban J connectivity index is 1.70. The summed E-state index contributed by atoms with van der Waals surface area (Å²) < 4.78 is 12.2. The quantitative estimate of drug-likeness (QED) is 0.286. The lowest BCUT2D eigenvalue weighted by atomic mass is 10.2. The van der Waals surface area contributed by atoms with Crippen LogP contribution >= 0.6 is 22.6 Å². The number of carbonyl (C=O) groups excluding carboxylic acids is 1. The van der Waals surface area contributed by atoms with Gasteiger partial charge in [0.05, 0.1) is 22.5 Å². The molecule has 0 unspecified atom stereocenters. The van der Waals surface area contributed by atoms with E-state index in [0.717, 1.165) is 14.7 Å². The molecule has 0 heterocycles. The van der Waals surface area contributed by atoms with E-state index in [-0.39, 0.29) is 11.3 Å². The zero-order chi connectivity index (χ0) is 20.6. The van der Waals surface area contributed by atoms with Crippen LogP contribution in [0.5, 0.6) is 17.2 Å². The molecule has 0 aliphatic heterocycles. The molecule has 0 spiro atoms. The normalized spacial score (nSPS) is 10.7. The number of phenols is 1. The Bertz CT molecular complexity index is 1020. The standard InChI is InChI=1S/C22H19IN2O4/c1-28-20-12-16(13-24-25-22(27)17-9-5-6-10-19(17)26)11-18(23)21(20)29-14-15-7-3-2-4-8-15/h2-13,26H,14H2,1H3,(H,25,27)/b24-13+. The van der Waals surface area contributed by atoms with Crippen molar-refractivity contribution in [3.8, 4) is 17.2 Å². The van der Waals surface area contributed by atoms with E-state index in [2.05, 4.69) is 33.1 Å². The van der Waals surface area contributed by atoms with Gasteiger partial charge >= 0.3 is 0 Å². The maximum atomic E-state index is 12.1. The summed E-state index contributed by atoms with van der Waals surface area (Å²) in [5.41, 5.74) is 4.35. The van der Waals surface area contributed by atoms with Gasteiger partial charge in [0.1, 0.15) is 12.4 Å². The number of para-hydroxylation sites is 1. The molecule has 0 aromatic heterocycles. The number of carbonyl (C=O) groups is 1. The molecule has 6 nitrogen and oxygen atoms in total. The molecule has 0 aliphatic carbocycles. The van der Waals surface area contributed by atoms with Gasteiger partial charge in [0.15, 0.2) is 11.5 Å². The van der Waals surface area contributed by atoms with E-state index in [9.17, 15) is 9.90 Å². The summed E-state index contributed by atoms with van der Waals surface area (Å²) in [4.78, 5) is 12.1. The average Bonchev–Trinajstić information content (AvgIpc) is 2.73. The summed E-state index contributed by atoms with van der Waals surface area (Å²) in [5.74, 6) is 0.619. The topological polar surface area (TPSA) is 80.2 Å². The molecule has 0 atom stereocenters. The molecule has 3 rings (SSSR count). The van der Waals surface area contributed by atoms with Gasteiger partial charge in [-0.15, -0.1) is 0 Å². The molecule has 29 heavy (non-hydrogen) atoms. The molecule has 0 bridgehead atoms. The number of phenolic OH excluding ortho intramolecular Hbond substituents is 1. The van der Waals surface area contributed by atoms with Gasteiger partial charge in [-0.05, 0) is 58.0 Å². The van der Waals surface area contributed by atoms with Crippen molar-refractivity contribution < 1.29 is 19.4 Å². The monoisotopic (exact) mass is 502 g/mol. The molecule has 1 amide bonds. The number of benzene rings is 3. The Morgan fingerprint density at radius 2 is 1.86 bits per heavy atom. The highest BCUT2D eigenvalue weighted by Gasteiger charge is 2.12. The fourth-order valence-corrected chi connectivity index (χ4v) is 3.36. The summed E-state index contributed by atoms with van der Waals surface area (Å²) >= 11 is 2.17. The van der Waals surface area contributed by atoms with Gasteiger partial charge in [0.2, 0.25) is 0 Å². The van der Waals surface area contributed by atoms with Gasteiger partial charge in [-0.3, -0.25) is 4.79 Å². The molecule has 0 aliphatic rings. The van der Waals surface area contributed by atoms with E-state index >= 15 is 0 Å². The third kappa shape index (κ3) is 5.47. The largest absolute Gasteiger partial charge is 0.507 e. The number of methoxy groups -OCH3 is 1. The van der Waals surface area contributed by atoms with Crippen LogP contribution in [0.4, 0.5) is 0 Å². The Morgan fingerprint density at radius 3 is 2.59 bits per heavy atom. The van der Waals surface area contributed by atoms with E-state index in [1.165, 1.54) is 18.3 Å². The first kappa shape index (κ1) is 20.7. The highest BCUT2D eigenvalue weighted by molar-refractivity contribution is 14.1. The number of nitrogens with zero attached hydrogens (tertiary/aromatic N) is 1. The first-order chi connectivity index (χ1) is 14.1. The Morgan fingerprint density at radius 1 is 1.14 bits per heavy atom. The molecule has 3 aromatic carbocycles. The maximum absolute atomic E-state index is 12.1. The van der Waals surface area contributed by atoms with Gasteiger partial charge in [0.25, 0.3) is 5.91 Å². The summed E-state index contributed by atoms with van der Waals surface area (Å²) in [7, 11) is 1.57. The van der Waals surface area contributed by atoms with Crippen LogP contribution in [-0.4, -0.2) is 24.3 Å². The molecule has 148 valence electrons. The maximum Gasteiger partial charge on any atom is 0.275 e. The van der Waals surface area contributed by atoms with Crippen molar-refractivity contribution in [2.45, 2.75) is 6.61 Å². The highest BCUT2D eigenvalue weighted by atomic mass is 127. The van der Waals surface area contributed by atoms with Crippen LogP contribution in [0.25, 0.3) is 0 Å². The Hall–Kier alpha value is -3.07. The minimum atomic E-state index is -0.496.